The van der Waals surface area contributed by atoms with Crippen LogP contribution in [-0.2, 0) is 0 Å². The summed E-state index contributed by atoms with van der Waals surface area (Å²) in [6, 6.07) is 11.6. The zero-order valence-corrected chi connectivity index (χ0v) is 12.3. The van der Waals surface area contributed by atoms with Crippen molar-refractivity contribution in [3.63, 3.8) is 0 Å². The van der Waals surface area contributed by atoms with Gasteiger partial charge >= 0.3 is 0 Å². The lowest BCUT2D eigenvalue weighted by atomic mass is 10.0. The second-order valence-corrected chi connectivity index (χ2v) is 7.54. The van der Waals surface area contributed by atoms with Crippen molar-refractivity contribution < 1.29 is 0 Å². The molecule has 1 nitrogen and oxygen atoms in total. The van der Waals surface area contributed by atoms with Crippen LogP contribution in [0.3, 0.4) is 0 Å². The highest BCUT2D eigenvalue weighted by Gasteiger charge is 2.53. The largest absolute Gasteiger partial charge is 0.309 e. The quantitative estimate of drug-likeness (QED) is 0.828. The van der Waals surface area contributed by atoms with Gasteiger partial charge in [0.15, 0.2) is 0 Å². The van der Waals surface area contributed by atoms with Gasteiger partial charge in [0.2, 0.25) is 0 Å². The van der Waals surface area contributed by atoms with Crippen LogP contribution in [0.4, 0.5) is 0 Å². The van der Waals surface area contributed by atoms with Crippen molar-refractivity contribution in [3.8, 4) is 0 Å². The molecule has 1 N–H and O–H groups in total. The van der Waals surface area contributed by atoms with Crippen LogP contribution >= 0.6 is 11.3 Å². The molecule has 2 fully saturated rings. The van der Waals surface area contributed by atoms with E-state index < -0.39 is 0 Å². The smallest absolute Gasteiger partial charge is 0.0386 e. The molecule has 0 saturated heterocycles. The molecule has 0 bridgehead atoms. The van der Waals surface area contributed by atoms with E-state index in [2.05, 4.69) is 42.6 Å². The molecular weight excluding hydrogens is 250 g/mol. The minimum Gasteiger partial charge on any atom is -0.309 e. The SMILES string of the molecule is CC(NCC1(C2CC2)CC1)c1cc2ccccc2s1. The molecule has 1 heterocycles. The molecule has 1 atom stereocenters. The second-order valence-electron chi connectivity index (χ2n) is 6.43. The average Bonchev–Trinajstić information content (AvgIpc) is 3.32. The van der Waals surface area contributed by atoms with Gasteiger partial charge in [-0.05, 0) is 61.5 Å². The summed E-state index contributed by atoms with van der Waals surface area (Å²) in [6.07, 6.45) is 5.89. The summed E-state index contributed by atoms with van der Waals surface area (Å²) in [5.74, 6) is 1.05. The molecule has 2 heteroatoms. The number of rotatable bonds is 5. The molecule has 4 rings (SSSR count). The Hall–Kier alpha value is -0.860. The molecule has 1 unspecified atom stereocenters. The van der Waals surface area contributed by atoms with Crippen molar-refractivity contribution in [1.29, 1.82) is 0 Å². The first-order valence-electron chi connectivity index (χ1n) is 7.49. The zero-order chi connectivity index (χ0) is 12.9. The van der Waals surface area contributed by atoms with Gasteiger partial charge in [-0.2, -0.15) is 0 Å². The Morgan fingerprint density at radius 1 is 1.32 bits per heavy atom. The third kappa shape index (κ3) is 2.21. The summed E-state index contributed by atoms with van der Waals surface area (Å²) in [5, 5.41) is 5.18. The zero-order valence-electron chi connectivity index (χ0n) is 11.5. The number of hydrogen-bond donors (Lipinski definition) is 1. The number of fused-ring (bicyclic) bond motifs is 1. The lowest BCUT2D eigenvalue weighted by Gasteiger charge is -2.19. The van der Waals surface area contributed by atoms with Crippen LogP contribution in [0.1, 0.15) is 43.5 Å². The minimum atomic E-state index is 0.494. The molecule has 0 amide bonds. The first-order chi connectivity index (χ1) is 9.27. The summed E-state index contributed by atoms with van der Waals surface area (Å²) in [5.41, 5.74) is 0.699. The van der Waals surface area contributed by atoms with Gasteiger partial charge in [0, 0.05) is 22.2 Å². The Kier molecular flexibility index (Phi) is 2.71. The maximum Gasteiger partial charge on any atom is 0.0386 e. The molecule has 0 radical (unpaired) electrons. The Morgan fingerprint density at radius 3 is 2.79 bits per heavy atom. The van der Waals surface area contributed by atoms with E-state index in [1.807, 2.05) is 11.3 Å². The molecule has 0 aliphatic heterocycles. The molecule has 19 heavy (non-hydrogen) atoms. The van der Waals surface area contributed by atoms with Crippen molar-refractivity contribution in [2.24, 2.45) is 11.3 Å². The summed E-state index contributed by atoms with van der Waals surface area (Å²) < 4.78 is 1.41. The van der Waals surface area contributed by atoms with Crippen LogP contribution in [0, 0.1) is 11.3 Å². The first kappa shape index (κ1) is 11.9. The number of nitrogens with one attached hydrogen (secondary N) is 1. The maximum absolute atomic E-state index is 3.79. The minimum absolute atomic E-state index is 0.494. The van der Waals surface area contributed by atoms with Crippen molar-refractivity contribution in [2.75, 3.05) is 6.54 Å². The normalized spacial score (nSPS) is 22.6. The Balaban J connectivity index is 1.46. The molecule has 1 aromatic carbocycles. The molecule has 1 aromatic heterocycles. The lowest BCUT2D eigenvalue weighted by molar-refractivity contribution is 0.383. The van der Waals surface area contributed by atoms with Crippen LogP contribution in [-0.4, -0.2) is 6.54 Å². The average molecular weight is 271 g/mol. The monoisotopic (exact) mass is 271 g/mol. The highest BCUT2D eigenvalue weighted by atomic mass is 32.1. The van der Waals surface area contributed by atoms with Crippen LogP contribution in [0.5, 0.6) is 0 Å². The van der Waals surface area contributed by atoms with Crippen molar-refractivity contribution in [1.82, 2.24) is 5.32 Å². The van der Waals surface area contributed by atoms with E-state index in [1.54, 1.807) is 0 Å². The molecule has 0 spiro atoms. The molecule has 2 aromatic rings. The van der Waals surface area contributed by atoms with Gasteiger partial charge in [0.05, 0.1) is 0 Å². The third-order valence-electron chi connectivity index (χ3n) is 4.97. The van der Waals surface area contributed by atoms with Crippen molar-refractivity contribution in [3.05, 3.63) is 35.2 Å². The van der Waals surface area contributed by atoms with Crippen molar-refractivity contribution >= 4 is 21.4 Å². The van der Waals surface area contributed by atoms with E-state index in [1.165, 1.54) is 47.2 Å². The maximum atomic E-state index is 3.79. The number of benzene rings is 1. The molecule has 100 valence electrons. The predicted molar refractivity (Wildman–Crippen MR) is 82.6 cm³/mol. The van der Waals surface area contributed by atoms with Gasteiger partial charge in [0.1, 0.15) is 0 Å². The first-order valence-corrected chi connectivity index (χ1v) is 8.30. The highest BCUT2D eigenvalue weighted by molar-refractivity contribution is 7.19. The van der Waals surface area contributed by atoms with Gasteiger partial charge in [-0.1, -0.05) is 18.2 Å². The van der Waals surface area contributed by atoms with E-state index in [4.69, 9.17) is 0 Å². The summed E-state index contributed by atoms with van der Waals surface area (Å²) >= 11 is 1.94. The van der Waals surface area contributed by atoms with E-state index in [9.17, 15) is 0 Å². The fraction of sp³-hybridized carbons (Fsp3) is 0.529. The standard InChI is InChI=1S/C17H21NS/c1-12(18-11-17(8-9-17)14-6-7-14)16-10-13-4-2-3-5-15(13)19-16/h2-5,10,12,14,18H,6-9,11H2,1H3. The topological polar surface area (TPSA) is 12.0 Å². The van der Waals surface area contributed by atoms with Gasteiger partial charge in [-0.15, -0.1) is 11.3 Å². The fourth-order valence-corrected chi connectivity index (χ4v) is 4.35. The Bertz CT molecular complexity index is 559. The van der Waals surface area contributed by atoms with E-state index >= 15 is 0 Å². The predicted octanol–water partition coefficient (Wildman–Crippen LogP) is 4.74. The second kappa shape index (κ2) is 4.32. The van der Waals surface area contributed by atoms with Gasteiger partial charge in [0.25, 0.3) is 0 Å². The Morgan fingerprint density at radius 2 is 2.11 bits per heavy atom. The van der Waals surface area contributed by atoms with Crippen molar-refractivity contribution in [2.45, 2.75) is 38.6 Å². The fourth-order valence-electron chi connectivity index (χ4n) is 3.26. The van der Waals surface area contributed by atoms with Gasteiger partial charge in [-0.25, -0.2) is 0 Å². The van der Waals surface area contributed by atoms with Gasteiger partial charge < -0.3 is 5.32 Å². The molecule has 2 saturated carbocycles. The molecular formula is C17H21NS. The molecule has 2 aliphatic rings. The van der Waals surface area contributed by atoms with E-state index in [0.29, 0.717) is 11.5 Å². The van der Waals surface area contributed by atoms with E-state index in [0.717, 1.165) is 5.92 Å². The van der Waals surface area contributed by atoms with Gasteiger partial charge in [-0.3, -0.25) is 0 Å². The number of hydrogen-bond acceptors (Lipinski definition) is 2. The molecule has 2 aliphatic carbocycles. The third-order valence-corrected chi connectivity index (χ3v) is 6.27. The summed E-state index contributed by atoms with van der Waals surface area (Å²) in [4.78, 5) is 1.48. The van der Waals surface area contributed by atoms with Crippen LogP contribution in [0.2, 0.25) is 0 Å². The summed E-state index contributed by atoms with van der Waals surface area (Å²) in [6.45, 7) is 3.54. The van der Waals surface area contributed by atoms with E-state index in [-0.39, 0.29) is 0 Å². The number of thiophene rings is 1. The van der Waals surface area contributed by atoms with Crippen LogP contribution in [0.15, 0.2) is 30.3 Å². The Labute approximate surface area is 119 Å². The highest BCUT2D eigenvalue weighted by Crippen LogP contribution is 2.61. The van der Waals surface area contributed by atoms with Crippen LogP contribution < -0.4 is 5.32 Å². The summed E-state index contributed by atoms with van der Waals surface area (Å²) in [7, 11) is 0. The lowest BCUT2D eigenvalue weighted by Crippen LogP contribution is -2.27. The van der Waals surface area contributed by atoms with Crippen LogP contribution in [0.25, 0.3) is 10.1 Å².